The molecule has 0 fully saturated rings. The SMILES string of the molecule is O=C([O-])CNC(=O)c1cc(Cl)cc([N+](=O)[O-])c1. The van der Waals surface area contributed by atoms with E-state index in [1.807, 2.05) is 5.32 Å². The number of rotatable bonds is 4. The third-order valence-corrected chi connectivity index (χ3v) is 1.97. The van der Waals surface area contributed by atoms with Crippen molar-refractivity contribution in [1.29, 1.82) is 0 Å². The first-order chi connectivity index (χ1) is 7.90. The second-order valence-electron chi connectivity index (χ2n) is 3.01. The van der Waals surface area contributed by atoms with E-state index in [-0.39, 0.29) is 16.3 Å². The molecule has 1 amide bonds. The molecule has 1 aromatic rings. The third-order valence-electron chi connectivity index (χ3n) is 1.75. The van der Waals surface area contributed by atoms with Crippen LogP contribution >= 0.6 is 11.6 Å². The number of carbonyl (C=O) groups excluding carboxylic acids is 2. The van der Waals surface area contributed by atoms with Gasteiger partial charge in [-0.25, -0.2) is 0 Å². The fraction of sp³-hybridized carbons (Fsp3) is 0.111. The van der Waals surface area contributed by atoms with Crippen LogP contribution in [0.15, 0.2) is 18.2 Å². The van der Waals surface area contributed by atoms with Gasteiger partial charge in [-0.15, -0.1) is 0 Å². The van der Waals surface area contributed by atoms with Gasteiger partial charge in [0.2, 0.25) is 0 Å². The Hall–Kier alpha value is -2.15. The number of carbonyl (C=O) groups is 2. The third kappa shape index (κ3) is 3.72. The fourth-order valence-corrected chi connectivity index (χ4v) is 1.29. The number of nitro groups is 1. The molecule has 0 saturated heterocycles. The van der Waals surface area contributed by atoms with Crippen molar-refractivity contribution < 1.29 is 19.6 Å². The molecule has 0 bridgehead atoms. The maximum absolute atomic E-state index is 11.4. The van der Waals surface area contributed by atoms with Gasteiger partial charge in [0, 0.05) is 22.7 Å². The van der Waals surface area contributed by atoms with Gasteiger partial charge in [-0.3, -0.25) is 14.9 Å². The minimum Gasteiger partial charge on any atom is -0.548 e. The topological polar surface area (TPSA) is 112 Å². The van der Waals surface area contributed by atoms with E-state index in [9.17, 15) is 24.8 Å². The highest BCUT2D eigenvalue weighted by atomic mass is 35.5. The number of carboxylic acids is 1. The molecule has 0 heterocycles. The summed E-state index contributed by atoms with van der Waals surface area (Å²) in [6, 6.07) is 3.27. The van der Waals surface area contributed by atoms with Crippen molar-refractivity contribution in [2.24, 2.45) is 0 Å². The lowest BCUT2D eigenvalue weighted by Crippen LogP contribution is -2.37. The Kier molecular flexibility index (Phi) is 4.00. The Morgan fingerprint density at radius 3 is 2.53 bits per heavy atom. The molecule has 1 N–H and O–H groups in total. The first-order valence-electron chi connectivity index (χ1n) is 4.33. The molecular formula is C9H6ClN2O5-. The monoisotopic (exact) mass is 257 g/mol. The van der Waals surface area contributed by atoms with Crippen molar-refractivity contribution in [3.05, 3.63) is 38.9 Å². The zero-order valence-corrected chi connectivity index (χ0v) is 9.06. The van der Waals surface area contributed by atoms with E-state index in [2.05, 4.69) is 0 Å². The second kappa shape index (κ2) is 5.26. The second-order valence-corrected chi connectivity index (χ2v) is 3.45. The summed E-state index contributed by atoms with van der Waals surface area (Å²) >= 11 is 5.59. The minimum atomic E-state index is -1.46. The summed E-state index contributed by atoms with van der Waals surface area (Å²) < 4.78 is 0. The smallest absolute Gasteiger partial charge is 0.271 e. The standard InChI is InChI=1S/C9H7ClN2O5/c10-6-1-5(2-7(3-6)12(16)17)9(15)11-4-8(13)14/h1-3H,4H2,(H,11,15)(H,13,14)/p-1. The molecular weight excluding hydrogens is 252 g/mol. The average molecular weight is 258 g/mol. The molecule has 0 atom stereocenters. The largest absolute Gasteiger partial charge is 0.548 e. The molecule has 1 rings (SSSR count). The minimum absolute atomic E-state index is 0.0119. The summed E-state index contributed by atoms with van der Waals surface area (Å²) in [5.41, 5.74) is -0.443. The van der Waals surface area contributed by atoms with Crippen LogP contribution in [0.1, 0.15) is 10.4 Å². The molecule has 17 heavy (non-hydrogen) atoms. The normalized spacial score (nSPS) is 9.71. The summed E-state index contributed by atoms with van der Waals surface area (Å²) in [5, 5.41) is 22.6. The highest BCUT2D eigenvalue weighted by molar-refractivity contribution is 6.31. The average Bonchev–Trinajstić information content (AvgIpc) is 2.24. The van der Waals surface area contributed by atoms with E-state index in [4.69, 9.17) is 11.6 Å². The van der Waals surface area contributed by atoms with E-state index in [1.165, 1.54) is 6.07 Å². The summed E-state index contributed by atoms with van der Waals surface area (Å²) in [5.74, 6) is -2.24. The van der Waals surface area contributed by atoms with Gasteiger partial charge < -0.3 is 15.2 Å². The van der Waals surface area contributed by atoms with Crippen LogP contribution in [-0.4, -0.2) is 23.3 Å². The summed E-state index contributed by atoms with van der Waals surface area (Å²) in [7, 11) is 0. The number of hydrogen-bond donors (Lipinski definition) is 1. The Balaban J connectivity index is 2.93. The van der Waals surface area contributed by atoms with Crippen molar-refractivity contribution in [3.8, 4) is 0 Å². The van der Waals surface area contributed by atoms with Crippen LogP contribution in [0.25, 0.3) is 0 Å². The number of nitro benzene ring substituents is 1. The van der Waals surface area contributed by atoms with Gasteiger partial charge in [0.1, 0.15) is 0 Å². The van der Waals surface area contributed by atoms with Crippen LogP contribution in [0.2, 0.25) is 5.02 Å². The predicted molar refractivity (Wildman–Crippen MR) is 55.4 cm³/mol. The first kappa shape index (κ1) is 12.9. The molecule has 0 saturated carbocycles. The van der Waals surface area contributed by atoms with E-state index in [0.29, 0.717) is 0 Å². The van der Waals surface area contributed by atoms with Gasteiger partial charge in [-0.2, -0.15) is 0 Å². The number of halogens is 1. The number of aliphatic carboxylic acids is 1. The Bertz CT molecular complexity index is 488. The molecule has 8 heteroatoms. The highest BCUT2D eigenvalue weighted by Crippen LogP contribution is 2.20. The maximum atomic E-state index is 11.4. The summed E-state index contributed by atoms with van der Waals surface area (Å²) in [6.07, 6.45) is 0. The van der Waals surface area contributed by atoms with Crippen LogP contribution in [0.3, 0.4) is 0 Å². The quantitative estimate of drug-likeness (QED) is 0.589. The van der Waals surface area contributed by atoms with Crippen molar-refractivity contribution >= 4 is 29.2 Å². The molecule has 0 aliphatic carbocycles. The van der Waals surface area contributed by atoms with E-state index >= 15 is 0 Å². The van der Waals surface area contributed by atoms with Crippen molar-refractivity contribution in [2.75, 3.05) is 6.54 Å². The van der Waals surface area contributed by atoms with Crippen molar-refractivity contribution in [3.63, 3.8) is 0 Å². The zero-order chi connectivity index (χ0) is 13.0. The van der Waals surface area contributed by atoms with Crippen LogP contribution in [0, 0.1) is 10.1 Å². The molecule has 0 aliphatic heterocycles. The zero-order valence-electron chi connectivity index (χ0n) is 8.31. The molecule has 90 valence electrons. The number of amides is 1. The van der Waals surface area contributed by atoms with E-state index < -0.39 is 23.3 Å². The van der Waals surface area contributed by atoms with Crippen LogP contribution in [0.5, 0.6) is 0 Å². The molecule has 1 aromatic carbocycles. The molecule has 0 spiro atoms. The van der Waals surface area contributed by atoms with Gasteiger partial charge in [0.05, 0.1) is 17.4 Å². The van der Waals surface area contributed by atoms with Gasteiger partial charge in [-0.05, 0) is 6.07 Å². The maximum Gasteiger partial charge on any atom is 0.271 e. The van der Waals surface area contributed by atoms with Crippen LogP contribution < -0.4 is 10.4 Å². The summed E-state index contributed by atoms with van der Waals surface area (Å²) in [6.45, 7) is -0.681. The van der Waals surface area contributed by atoms with Crippen molar-refractivity contribution in [2.45, 2.75) is 0 Å². The van der Waals surface area contributed by atoms with Crippen molar-refractivity contribution in [1.82, 2.24) is 5.32 Å². The number of carboxylic acid groups (broad SMARTS) is 1. The number of hydrogen-bond acceptors (Lipinski definition) is 5. The van der Waals surface area contributed by atoms with Crippen LogP contribution in [-0.2, 0) is 4.79 Å². The molecule has 7 nitrogen and oxygen atoms in total. The molecule has 0 aliphatic rings. The van der Waals surface area contributed by atoms with Gasteiger partial charge in [0.15, 0.2) is 0 Å². The highest BCUT2D eigenvalue weighted by Gasteiger charge is 2.13. The lowest BCUT2D eigenvalue weighted by molar-refractivity contribution is -0.384. The number of nitrogens with zero attached hydrogens (tertiary/aromatic N) is 1. The summed E-state index contributed by atoms with van der Waals surface area (Å²) in [4.78, 5) is 31.3. The Morgan fingerprint density at radius 2 is 2.00 bits per heavy atom. The lowest BCUT2D eigenvalue weighted by Gasteiger charge is -2.05. The number of nitrogens with one attached hydrogen (secondary N) is 1. The van der Waals surface area contributed by atoms with Gasteiger partial charge in [-0.1, -0.05) is 11.6 Å². The molecule has 0 aromatic heterocycles. The van der Waals surface area contributed by atoms with E-state index in [1.54, 1.807) is 0 Å². The van der Waals surface area contributed by atoms with Gasteiger partial charge >= 0.3 is 0 Å². The predicted octanol–water partition coefficient (Wildman–Crippen LogP) is -0.272. The lowest BCUT2D eigenvalue weighted by atomic mass is 10.2. The molecule has 0 radical (unpaired) electrons. The van der Waals surface area contributed by atoms with Crippen LogP contribution in [0.4, 0.5) is 5.69 Å². The van der Waals surface area contributed by atoms with E-state index in [0.717, 1.165) is 12.1 Å². The Morgan fingerprint density at radius 1 is 1.35 bits per heavy atom. The number of non-ortho nitro benzene ring substituents is 1. The molecule has 0 unspecified atom stereocenters. The van der Waals surface area contributed by atoms with Gasteiger partial charge in [0.25, 0.3) is 11.6 Å². The first-order valence-corrected chi connectivity index (χ1v) is 4.71. The number of benzene rings is 1. The fourth-order valence-electron chi connectivity index (χ4n) is 1.07. The Labute approximate surface area is 100 Å².